The largest absolute Gasteiger partial charge is 0.503 e. The van der Waals surface area contributed by atoms with Gasteiger partial charge in [0.1, 0.15) is 0 Å². The Morgan fingerprint density at radius 2 is 0.882 bits per heavy atom. The molecule has 0 heterocycles. The summed E-state index contributed by atoms with van der Waals surface area (Å²) in [4.78, 5) is 10.9. The smallest absolute Gasteiger partial charge is 0.450 e. The van der Waals surface area contributed by atoms with Gasteiger partial charge in [-0.15, -0.1) is 0 Å². The first-order valence-corrected chi connectivity index (χ1v) is 17.0. The molecule has 6 nitrogen and oxygen atoms in total. The maximum atomic E-state index is 9.67. The fourth-order valence-corrected chi connectivity index (χ4v) is 15.6. The minimum atomic E-state index is -3.67. The first-order chi connectivity index (χ1) is 16.1. The Morgan fingerprint density at radius 1 is 0.676 bits per heavy atom. The number of carboxylic acid groups (broad SMARTS) is 2. The average Bonchev–Trinajstić information content (AvgIpc) is 2.82. The fraction of sp³-hybridized carbons (Fsp3) is 0.208. The maximum absolute atomic E-state index is 9.67. The summed E-state index contributed by atoms with van der Waals surface area (Å²) < 4.78 is 50.0. The summed E-state index contributed by atoms with van der Waals surface area (Å²) in [7, 11) is 5.20. The number of benzene rings is 3. The van der Waals surface area contributed by atoms with Crippen LogP contribution in [0.1, 0.15) is 0 Å². The van der Waals surface area contributed by atoms with Gasteiger partial charge in [0.25, 0.3) is 0 Å². The third kappa shape index (κ3) is 7.76. The van der Waals surface area contributed by atoms with E-state index in [-0.39, 0.29) is 0 Å². The van der Waals surface area contributed by atoms with E-state index in [2.05, 4.69) is 41.3 Å². The molecule has 0 atom stereocenters. The van der Waals surface area contributed by atoms with E-state index in [1.807, 2.05) is 36.4 Å². The zero-order valence-electron chi connectivity index (χ0n) is 19.2. The van der Waals surface area contributed by atoms with Gasteiger partial charge in [0.2, 0.25) is 0 Å². The summed E-state index contributed by atoms with van der Waals surface area (Å²) in [6, 6.07) is 25.0. The molecule has 0 aliphatic rings. The van der Waals surface area contributed by atoms with Gasteiger partial charge < -0.3 is 10.2 Å². The molecular formula is C24H28F3O6Sb. The number of alkyl halides is 3. The van der Waals surface area contributed by atoms with E-state index in [0.29, 0.717) is 0 Å². The van der Waals surface area contributed by atoms with E-state index in [9.17, 15) is 13.2 Å². The molecule has 3 aromatic rings. The van der Waals surface area contributed by atoms with Gasteiger partial charge in [-0.25, -0.2) is 4.79 Å². The molecule has 0 amide bonds. The minimum absolute atomic E-state index is 0.919. The molecule has 0 saturated heterocycles. The molecule has 10 heteroatoms. The van der Waals surface area contributed by atoms with Crippen LogP contribution in [0.15, 0.2) is 72.8 Å². The molecule has 3 aromatic carbocycles. The number of para-hydroxylation sites is 3. The van der Waals surface area contributed by atoms with Crippen molar-refractivity contribution in [3.63, 3.8) is 0 Å². The first-order valence-electron chi connectivity index (χ1n) is 9.88. The normalized spacial score (nSPS) is 10.7. The van der Waals surface area contributed by atoms with Crippen LogP contribution >= 0.6 is 0 Å². The van der Waals surface area contributed by atoms with Gasteiger partial charge >= 0.3 is 173 Å². The van der Waals surface area contributed by atoms with Crippen LogP contribution in [-0.2, 0) is 0 Å². The van der Waals surface area contributed by atoms with Crippen molar-refractivity contribution in [2.75, 3.05) is 21.3 Å². The van der Waals surface area contributed by atoms with Gasteiger partial charge in [-0.3, -0.25) is 0 Å². The molecule has 0 bridgehead atoms. The van der Waals surface area contributed by atoms with Crippen molar-refractivity contribution >= 4 is 35.5 Å². The molecule has 0 aliphatic carbocycles. The number of rotatable bonds is 6. The number of halogens is 3. The number of methoxy groups -OCH3 is 3. The van der Waals surface area contributed by atoms with Crippen molar-refractivity contribution in [1.82, 2.24) is 0 Å². The summed E-state index contributed by atoms with van der Waals surface area (Å²) in [5, 5.41) is 13.9. The van der Waals surface area contributed by atoms with Gasteiger partial charge in [-0.05, 0) is 0 Å². The van der Waals surface area contributed by atoms with Crippen LogP contribution in [0.4, 0.5) is 18.0 Å². The SMILES string of the molecule is COc1cccc[c]1[SbH]([CH3])([c]1ccccc1OC)[c]1ccccc1OC.FC(F)F.O=C(O)O. The Balaban J connectivity index is 0.000000629. The molecule has 0 aliphatic heterocycles. The van der Waals surface area contributed by atoms with E-state index < -0.39 is 31.6 Å². The van der Waals surface area contributed by atoms with E-state index in [0.717, 1.165) is 17.2 Å². The van der Waals surface area contributed by atoms with Crippen molar-refractivity contribution in [3.8, 4) is 17.2 Å². The van der Waals surface area contributed by atoms with E-state index in [1.165, 1.54) is 10.5 Å². The van der Waals surface area contributed by atoms with E-state index >= 15 is 0 Å². The zero-order chi connectivity index (χ0) is 25.7. The second-order valence-electron chi connectivity index (χ2n) is 6.76. The first kappa shape index (κ1) is 29.0. The number of ether oxygens (including phenoxy) is 3. The summed E-state index contributed by atoms with van der Waals surface area (Å²) in [6.45, 7) is -3.67. The summed E-state index contributed by atoms with van der Waals surface area (Å²) in [5.74, 6) is 2.76. The second kappa shape index (κ2) is 14.3. The van der Waals surface area contributed by atoms with Crippen LogP contribution in [0.3, 0.4) is 0 Å². The molecular weight excluding hydrogens is 563 g/mol. The van der Waals surface area contributed by atoms with Crippen molar-refractivity contribution < 1.29 is 42.4 Å². The molecule has 0 spiro atoms. The Labute approximate surface area is 200 Å². The molecule has 3 rings (SSSR count). The summed E-state index contributed by atoms with van der Waals surface area (Å²) >= 11 is -3.44. The summed E-state index contributed by atoms with van der Waals surface area (Å²) in [5.41, 5.74) is 0. The predicted octanol–water partition coefficient (Wildman–Crippen LogP) is 3.95. The van der Waals surface area contributed by atoms with Gasteiger partial charge in [0.15, 0.2) is 0 Å². The number of carbonyl (C=O) groups is 1. The molecule has 0 radical (unpaired) electrons. The van der Waals surface area contributed by atoms with E-state index in [1.54, 1.807) is 21.3 Å². The van der Waals surface area contributed by atoms with Crippen molar-refractivity contribution in [3.05, 3.63) is 72.8 Å². The monoisotopic (exact) mass is 590 g/mol. The average molecular weight is 591 g/mol. The standard InChI is InChI=1S/3C7H7O.CHF3.CH2O3.CH3.Sb.H/c3*1-8-7-5-3-2-4-6-7;2*2-1(3)4;;;/h3*2-5H,1H3;1H;(H2,2,3,4);1H3;;. The third-order valence-corrected chi connectivity index (χ3v) is 17.7. The van der Waals surface area contributed by atoms with Gasteiger partial charge in [-0.1, -0.05) is 0 Å². The molecule has 0 fully saturated rings. The Bertz CT molecular complexity index is 926. The minimum Gasteiger partial charge on any atom is -0.450 e. The molecule has 34 heavy (non-hydrogen) atoms. The Morgan fingerprint density at radius 3 is 1.09 bits per heavy atom. The number of hydrogen-bond donors (Lipinski definition) is 2. The molecule has 2 N–H and O–H groups in total. The van der Waals surface area contributed by atoms with Crippen LogP contribution in [0.25, 0.3) is 0 Å². The summed E-state index contributed by atoms with van der Waals surface area (Å²) in [6.07, 6.45) is -1.83. The second-order valence-corrected chi connectivity index (χ2v) is 17.8. The van der Waals surface area contributed by atoms with Crippen LogP contribution in [-0.4, -0.2) is 63.2 Å². The molecule has 0 unspecified atom stereocenters. The molecule has 0 saturated carbocycles. The van der Waals surface area contributed by atoms with Crippen LogP contribution in [0, 0.1) is 0 Å². The third-order valence-electron chi connectivity index (χ3n) is 4.94. The quantitative estimate of drug-likeness (QED) is 0.423. The van der Waals surface area contributed by atoms with Gasteiger partial charge in [0, 0.05) is 0 Å². The molecule has 186 valence electrons. The fourth-order valence-electron chi connectivity index (χ4n) is 3.61. The number of hydrogen-bond acceptors (Lipinski definition) is 4. The maximum Gasteiger partial charge on any atom is 0.503 e. The van der Waals surface area contributed by atoms with Gasteiger partial charge in [0.05, 0.1) is 0 Å². The van der Waals surface area contributed by atoms with E-state index in [4.69, 9.17) is 29.2 Å². The van der Waals surface area contributed by atoms with Crippen molar-refractivity contribution in [2.24, 2.45) is 0 Å². The Hall–Kier alpha value is -3.06. The molecule has 0 aromatic heterocycles. The predicted molar refractivity (Wildman–Crippen MR) is 129 cm³/mol. The van der Waals surface area contributed by atoms with Crippen molar-refractivity contribution in [1.29, 1.82) is 0 Å². The van der Waals surface area contributed by atoms with Crippen LogP contribution in [0.5, 0.6) is 17.2 Å². The Kier molecular flexibility index (Phi) is 12.1. The zero-order valence-corrected chi connectivity index (χ0v) is 22.0. The topological polar surface area (TPSA) is 85.2 Å². The van der Waals surface area contributed by atoms with Crippen LogP contribution in [0.2, 0.25) is 4.87 Å². The van der Waals surface area contributed by atoms with Crippen molar-refractivity contribution in [2.45, 2.75) is 11.5 Å². The van der Waals surface area contributed by atoms with Gasteiger partial charge in [-0.2, -0.15) is 13.2 Å². The van der Waals surface area contributed by atoms with Crippen LogP contribution < -0.4 is 24.7 Å².